The van der Waals surface area contributed by atoms with E-state index >= 15 is 0 Å². The Kier molecular flexibility index (Phi) is 11.2. The van der Waals surface area contributed by atoms with Gasteiger partial charge in [0, 0.05) is 20.6 Å². The van der Waals surface area contributed by atoms with Crippen LogP contribution >= 0.6 is 24.0 Å². The van der Waals surface area contributed by atoms with Crippen molar-refractivity contribution in [1.82, 2.24) is 15.5 Å². The Morgan fingerprint density at radius 2 is 1.83 bits per heavy atom. The van der Waals surface area contributed by atoms with Crippen LogP contribution < -0.4 is 15.4 Å². The van der Waals surface area contributed by atoms with Crippen molar-refractivity contribution in [2.45, 2.75) is 33.4 Å². The van der Waals surface area contributed by atoms with E-state index in [2.05, 4.69) is 15.6 Å². The Hall–Kier alpha value is -1.51. The number of carbonyl (C=O) groups is 1. The summed E-state index contributed by atoms with van der Waals surface area (Å²) in [5.74, 6) is 1.49. The first-order chi connectivity index (χ1) is 10.9. The lowest BCUT2D eigenvalue weighted by Gasteiger charge is -2.14. The van der Waals surface area contributed by atoms with Crippen molar-refractivity contribution in [2.24, 2.45) is 4.99 Å². The van der Waals surface area contributed by atoms with Gasteiger partial charge in [0.15, 0.2) is 5.96 Å². The topological polar surface area (TPSA) is 66.0 Å². The van der Waals surface area contributed by atoms with Gasteiger partial charge in [0.25, 0.3) is 0 Å². The third-order valence-corrected chi connectivity index (χ3v) is 2.96. The molecule has 1 amide bonds. The molecule has 0 saturated carbocycles. The highest BCUT2D eigenvalue weighted by atomic mass is 127. The fraction of sp³-hybridized carbons (Fsp3) is 0.529. The smallest absolute Gasteiger partial charge is 0.241 e. The Morgan fingerprint density at radius 1 is 1.21 bits per heavy atom. The Labute approximate surface area is 162 Å². The van der Waals surface area contributed by atoms with Crippen molar-refractivity contribution in [3.8, 4) is 5.75 Å². The summed E-state index contributed by atoms with van der Waals surface area (Å²) in [7, 11) is 3.46. The summed E-state index contributed by atoms with van der Waals surface area (Å²) in [6.07, 6.45) is 0.165. The van der Waals surface area contributed by atoms with Crippen molar-refractivity contribution in [3.63, 3.8) is 0 Å². The van der Waals surface area contributed by atoms with E-state index < -0.39 is 0 Å². The number of guanidine groups is 1. The quantitative estimate of drug-likeness (QED) is 0.382. The minimum Gasteiger partial charge on any atom is -0.491 e. The number of hydrogen-bond acceptors (Lipinski definition) is 3. The molecule has 0 aliphatic carbocycles. The molecule has 0 atom stereocenters. The molecule has 0 aliphatic heterocycles. The van der Waals surface area contributed by atoms with Crippen LogP contribution in [0.1, 0.15) is 26.3 Å². The highest BCUT2D eigenvalue weighted by Crippen LogP contribution is 2.14. The predicted molar refractivity (Wildman–Crippen MR) is 109 cm³/mol. The Bertz CT molecular complexity index is 516. The average molecular weight is 448 g/mol. The van der Waals surface area contributed by atoms with Crippen molar-refractivity contribution >= 4 is 35.8 Å². The highest BCUT2D eigenvalue weighted by Gasteiger charge is 2.05. The molecule has 1 aromatic carbocycles. The number of nitrogens with one attached hydrogen (secondary N) is 2. The summed E-state index contributed by atoms with van der Waals surface area (Å²) in [4.78, 5) is 17.7. The van der Waals surface area contributed by atoms with Gasteiger partial charge in [0.05, 0.1) is 19.2 Å². The van der Waals surface area contributed by atoms with Crippen LogP contribution in [0.2, 0.25) is 0 Å². The summed E-state index contributed by atoms with van der Waals surface area (Å²) < 4.78 is 5.62. The van der Waals surface area contributed by atoms with Crippen molar-refractivity contribution in [3.05, 3.63) is 29.8 Å². The fourth-order valence-electron chi connectivity index (χ4n) is 1.78. The number of rotatable bonds is 7. The molecule has 0 spiro atoms. The Morgan fingerprint density at radius 3 is 2.33 bits per heavy atom. The van der Waals surface area contributed by atoms with Crippen LogP contribution in [-0.2, 0) is 11.3 Å². The van der Waals surface area contributed by atoms with Gasteiger partial charge >= 0.3 is 0 Å². The van der Waals surface area contributed by atoms with Gasteiger partial charge in [-0.25, -0.2) is 4.99 Å². The second-order valence-electron chi connectivity index (χ2n) is 5.65. The Balaban J connectivity index is 0.00000529. The van der Waals surface area contributed by atoms with Crippen LogP contribution in [0.4, 0.5) is 0 Å². The molecular weight excluding hydrogens is 419 g/mol. The highest BCUT2D eigenvalue weighted by molar-refractivity contribution is 14.0. The molecule has 136 valence electrons. The van der Waals surface area contributed by atoms with E-state index in [4.69, 9.17) is 4.74 Å². The molecule has 0 aliphatic rings. The molecule has 0 fully saturated rings. The molecule has 7 heteroatoms. The zero-order valence-corrected chi connectivity index (χ0v) is 17.5. The summed E-state index contributed by atoms with van der Waals surface area (Å²) in [5.41, 5.74) is 1.08. The van der Waals surface area contributed by atoms with Crippen LogP contribution in [0.25, 0.3) is 0 Å². The van der Waals surface area contributed by atoms with E-state index in [1.165, 1.54) is 0 Å². The fourth-order valence-corrected chi connectivity index (χ4v) is 1.78. The van der Waals surface area contributed by atoms with Gasteiger partial charge in [-0.15, -0.1) is 24.0 Å². The number of halogens is 1. The van der Waals surface area contributed by atoms with Crippen molar-refractivity contribution in [2.75, 3.05) is 27.2 Å². The van der Waals surface area contributed by atoms with E-state index in [9.17, 15) is 4.79 Å². The summed E-state index contributed by atoms with van der Waals surface area (Å²) in [5, 5.41) is 6.16. The lowest BCUT2D eigenvalue weighted by Crippen LogP contribution is -2.42. The van der Waals surface area contributed by atoms with Gasteiger partial charge in [-0.05, 0) is 38.5 Å². The zero-order valence-electron chi connectivity index (χ0n) is 15.1. The molecule has 0 bridgehead atoms. The number of amides is 1. The molecule has 0 aromatic heterocycles. The SMILES string of the molecule is CCNC(=NCc1ccc(OC(C)C)cc1)NCC(=O)N(C)C.I. The lowest BCUT2D eigenvalue weighted by atomic mass is 10.2. The number of ether oxygens (including phenoxy) is 1. The summed E-state index contributed by atoms with van der Waals surface area (Å²) in [6.45, 7) is 7.49. The number of hydrogen-bond donors (Lipinski definition) is 2. The molecule has 6 nitrogen and oxygen atoms in total. The normalized spacial score (nSPS) is 10.8. The van der Waals surface area contributed by atoms with E-state index in [1.54, 1.807) is 19.0 Å². The number of nitrogens with zero attached hydrogens (tertiary/aromatic N) is 2. The second kappa shape index (κ2) is 11.9. The maximum Gasteiger partial charge on any atom is 0.241 e. The standard InChI is InChI=1S/C17H28N4O2.HI/c1-6-18-17(20-12-16(22)21(4)5)19-11-14-7-9-15(10-8-14)23-13(2)3;/h7-10,13H,6,11-12H2,1-5H3,(H2,18,19,20);1H. The van der Waals surface area contributed by atoms with Crippen molar-refractivity contribution < 1.29 is 9.53 Å². The maximum absolute atomic E-state index is 11.6. The van der Waals surface area contributed by atoms with Gasteiger partial charge in [-0.2, -0.15) is 0 Å². The number of carbonyl (C=O) groups excluding carboxylic acids is 1. The molecule has 0 heterocycles. The van der Waals surface area contributed by atoms with Crippen LogP contribution in [0.5, 0.6) is 5.75 Å². The van der Waals surface area contributed by atoms with Crippen LogP contribution in [0.3, 0.4) is 0 Å². The minimum absolute atomic E-state index is 0. The second-order valence-corrected chi connectivity index (χ2v) is 5.65. The number of aliphatic imine (C=N–C) groups is 1. The van der Waals surface area contributed by atoms with E-state index in [0.717, 1.165) is 17.9 Å². The van der Waals surface area contributed by atoms with Gasteiger partial charge in [0.2, 0.25) is 5.91 Å². The van der Waals surface area contributed by atoms with E-state index in [-0.39, 0.29) is 42.5 Å². The monoisotopic (exact) mass is 448 g/mol. The molecule has 0 unspecified atom stereocenters. The summed E-state index contributed by atoms with van der Waals surface area (Å²) in [6, 6.07) is 7.88. The molecular formula is C17H29IN4O2. The lowest BCUT2D eigenvalue weighted by molar-refractivity contribution is -0.127. The zero-order chi connectivity index (χ0) is 17.2. The molecule has 0 saturated heterocycles. The first-order valence-electron chi connectivity index (χ1n) is 7.90. The first kappa shape index (κ1) is 22.5. The number of benzene rings is 1. The van der Waals surface area contributed by atoms with Crippen LogP contribution in [-0.4, -0.2) is 50.1 Å². The molecule has 2 N–H and O–H groups in total. The maximum atomic E-state index is 11.6. The van der Waals surface area contributed by atoms with E-state index in [0.29, 0.717) is 12.5 Å². The first-order valence-corrected chi connectivity index (χ1v) is 7.90. The minimum atomic E-state index is 0. The number of likely N-dealkylation sites (N-methyl/N-ethyl adjacent to an activating group) is 1. The van der Waals surface area contributed by atoms with Gasteiger partial charge < -0.3 is 20.3 Å². The third kappa shape index (κ3) is 8.95. The van der Waals surface area contributed by atoms with Crippen molar-refractivity contribution in [1.29, 1.82) is 0 Å². The van der Waals surface area contributed by atoms with Gasteiger partial charge in [-0.1, -0.05) is 12.1 Å². The van der Waals surface area contributed by atoms with Gasteiger partial charge in [-0.3, -0.25) is 4.79 Å². The van der Waals surface area contributed by atoms with Crippen LogP contribution in [0.15, 0.2) is 29.3 Å². The molecule has 0 radical (unpaired) electrons. The van der Waals surface area contributed by atoms with E-state index in [1.807, 2.05) is 45.0 Å². The average Bonchev–Trinajstić information content (AvgIpc) is 2.50. The van der Waals surface area contributed by atoms with Gasteiger partial charge in [0.1, 0.15) is 5.75 Å². The largest absolute Gasteiger partial charge is 0.491 e. The predicted octanol–water partition coefficient (Wildman–Crippen LogP) is 2.24. The molecule has 24 heavy (non-hydrogen) atoms. The molecule has 1 rings (SSSR count). The van der Waals surface area contributed by atoms with Crippen LogP contribution in [0, 0.1) is 0 Å². The molecule has 1 aromatic rings. The third-order valence-electron chi connectivity index (χ3n) is 2.96. The summed E-state index contributed by atoms with van der Waals surface area (Å²) >= 11 is 0.